The Morgan fingerprint density at radius 2 is 2.25 bits per heavy atom. The zero-order valence-corrected chi connectivity index (χ0v) is 8.32. The minimum atomic E-state index is -0.599. The first-order chi connectivity index (χ1) is 5.59. The zero-order valence-electron chi connectivity index (χ0n) is 5.97. The van der Waals surface area contributed by atoms with E-state index in [1.165, 1.54) is 0 Å². The van der Waals surface area contributed by atoms with Crippen LogP contribution in [-0.2, 0) is 0 Å². The van der Waals surface area contributed by atoms with Crippen LogP contribution in [0.3, 0.4) is 0 Å². The molecule has 0 heterocycles. The molecule has 0 saturated carbocycles. The SMILES string of the molecule is NC(=O)Nc1ccc(Cl)cc1Br. The molecule has 0 aliphatic rings. The van der Waals surface area contributed by atoms with Crippen molar-refractivity contribution < 1.29 is 4.79 Å². The summed E-state index contributed by atoms with van der Waals surface area (Å²) in [6.07, 6.45) is 0. The Bertz CT molecular complexity index is 316. The number of rotatable bonds is 1. The lowest BCUT2D eigenvalue weighted by molar-refractivity contribution is 0.259. The van der Waals surface area contributed by atoms with Gasteiger partial charge in [0.2, 0.25) is 0 Å². The molecule has 0 bridgehead atoms. The molecule has 0 aliphatic carbocycles. The van der Waals surface area contributed by atoms with Gasteiger partial charge >= 0.3 is 6.03 Å². The largest absolute Gasteiger partial charge is 0.351 e. The highest BCUT2D eigenvalue weighted by Crippen LogP contribution is 2.25. The second-order valence-corrected chi connectivity index (χ2v) is 3.40. The van der Waals surface area contributed by atoms with Crippen molar-refractivity contribution in [1.29, 1.82) is 0 Å². The van der Waals surface area contributed by atoms with Crippen LogP contribution in [0, 0.1) is 0 Å². The molecule has 0 spiro atoms. The molecule has 5 heteroatoms. The van der Waals surface area contributed by atoms with E-state index >= 15 is 0 Å². The van der Waals surface area contributed by atoms with Gasteiger partial charge in [0, 0.05) is 9.50 Å². The number of carbonyl (C=O) groups excluding carboxylic acids is 1. The molecule has 12 heavy (non-hydrogen) atoms. The fourth-order valence-electron chi connectivity index (χ4n) is 0.724. The van der Waals surface area contributed by atoms with Crippen LogP contribution in [0.25, 0.3) is 0 Å². The number of halogens is 2. The normalized spacial score (nSPS) is 9.50. The molecular weight excluding hydrogens is 243 g/mol. The Kier molecular flexibility index (Phi) is 2.94. The van der Waals surface area contributed by atoms with Gasteiger partial charge in [0.05, 0.1) is 5.69 Å². The maximum Gasteiger partial charge on any atom is 0.316 e. The van der Waals surface area contributed by atoms with Crippen molar-refractivity contribution in [3.63, 3.8) is 0 Å². The number of primary amides is 1. The van der Waals surface area contributed by atoms with Gasteiger partial charge in [0.15, 0.2) is 0 Å². The lowest BCUT2D eigenvalue weighted by Crippen LogP contribution is -2.19. The van der Waals surface area contributed by atoms with Crippen LogP contribution in [0.5, 0.6) is 0 Å². The summed E-state index contributed by atoms with van der Waals surface area (Å²) in [6, 6.07) is 4.40. The maximum atomic E-state index is 10.5. The maximum absolute atomic E-state index is 10.5. The summed E-state index contributed by atoms with van der Waals surface area (Å²) >= 11 is 8.90. The Hall–Kier alpha value is -0.740. The molecule has 0 atom stereocenters. The Labute approximate surface area is 83.0 Å². The third-order valence-electron chi connectivity index (χ3n) is 1.19. The number of nitrogens with two attached hydrogens (primary N) is 1. The Morgan fingerprint density at radius 3 is 2.75 bits per heavy atom. The molecule has 64 valence electrons. The fourth-order valence-corrected chi connectivity index (χ4v) is 1.51. The van der Waals surface area contributed by atoms with Crippen molar-refractivity contribution in [3.05, 3.63) is 27.7 Å². The lowest BCUT2D eigenvalue weighted by Gasteiger charge is -2.03. The molecule has 0 saturated heterocycles. The van der Waals surface area contributed by atoms with Crippen molar-refractivity contribution >= 4 is 39.2 Å². The van der Waals surface area contributed by atoms with Crippen LogP contribution in [0.4, 0.5) is 10.5 Å². The summed E-state index contributed by atoms with van der Waals surface area (Å²) in [6.45, 7) is 0. The summed E-state index contributed by atoms with van der Waals surface area (Å²) in [5.41, 5.74) is 5.53. The van der Waals surface area contributed by atoms with E-state index in [-0.39, 0.29) is 0 Å². The topological polar surface area (TPSA) is 55.1 Å². The van der Waals surface area contributed by atoms with Crippen molar-refractivity contribution in [2.45, 2.75) is 0 Å². The lowest BCUT2D eigenvalue weighted by atomic mass is 10.3. The van der Waals surface area contributed by atoms with E-state index in [1.54, 1.807) is 18.2 Å². The highest BCUT2D eigenvalue weighted by Gasteiger charge is 2.01. The molecule has 0 unspecified atom stereocenters. The monoisotopic (exact) mass is 248 g/mol. The van der Waals surface area contributed by atoms with Crippen molar-refractivity contribution in [2.24, 2.45) is 5.73 Å². The number of carbonyl (C=O) groups is 1. The average molecular weight is 249 g/mol. The van der Waals surface area contributed by atoms with Gasteiger partial charge in [-0.3, -0.25) is 0 Å². The average Bonchev–Trinajstić information content (AvgIpc) is 1.94. The fraction of sp³-hybridized carbons (Fsp3) is 0. The molecule has 2 amide bonds. The third-order valence-corrected chi connectivity index (χ3v) is 2.08. The molecule has 0 fully saturated rings. The van der Waals surface area contributed by atoms with Crippen LogP contribution in [0.1, 0.15) is 0 Å². The number of hydrogen-bond acceptors (Lipinski definition) is 1. The molecule has 1 rings (SSSR count). The molecule has 0 radical (unpaired) electrons. The summed E-state index contributed by atoms with van der Waals surface area (Å²) in [4.78, 5) is 10.5. The van der Waals surface area contributed by atoms with Gasteiger partial charge in [-0.05, 0) is 34.1 Å². The van der Waals surface area contributed by atoms with E-state index in [4.69, 9.17) is 17.3 Å². The summed E-state index contributed by atoms with van der Waals surface area (Å²) in [5, 5.41) is 3.03. The molecule has 1 aromatic rings. The molecule has 3 N–H and O–H groups in total. The van der Waals surface area contributed by atoms with Crippen LogP contribution in [-0.4, -0.2) is 6.03 Å². The first kappa shape index (κ1) is 9.35. The predicted molar refractivity (Wildman–Crippen MR) is 52.4 cm³/mol. The molecule has 0 aliphatic heterocycles. The van der Waals surface area contributed by atoms with Gasteiger partial charge in [-0.25, -0.2) is 4.79 Å². The zero-order chi connectivity index (χ0) is 9.14. The number of nitrogens with one attached hydrogen (secondary N) is 1. The Balaban J connectivity index is 2.93. The van der Waals surface area contributed by atoms with Crippen molar-refractivity contribution in [1.82, 2.24) is 0 Å². The van der Waals surface area contributed by atoms with E-state index in [0.29, 0.717) is 15.2 Å². The van der Waals surface area contributed by atoms with Crippen LogP contribution in [0.2, 0.25) is 5.02 Å². The van der Waals surface area contributed by atoms with Crippen LogP contribution >= 0.6 is 27.5 Å². The van der Waals surface area contributed by atoms with E-state index in [0.717, 1.165) is 0 Å². The summed E-state index contributed by atoms with van der Waals surface area (Å²) in [7, 11) is 0. The van der Waals surface area contributed by atoms with E-state index in [9.17, 15) is 4.79 Å². The third kappa shape index (κ3) is 2.39. The molecular formula is C7H6BrClN2O. The second-order valence-electron chi connectivity index (χ2n) is 2.11. The van der Waals surface area contributed by atoms with Crippen LogP contribution in [0.15, 0.2) is 22.7 Å². The summed E-state index contributed by atoms with van der Waals surface area (Å²) in [5.74, 6) is 0. The van der Waals surface area contributed by atoms with Gasteiger partial charge < -0.3 is 11.1 Å². The van der Waals surface area contributed by atoms with Crippen molar-refractivity contribution in [3.8, 4) is 0 Å². The molecule has 0 aromatic heterocycles. The minimum absolute atomic E-state index is 0.594. The number of hydrogen-bond donors (Lipinski definition) is 2. The first-order valence-corrected chi connectivity index (χ1v) is 4.28. The van der Waals surface area contributed by atoms with Crippen LogP contribution < -0.4 is 11.1 Å². The Morgan fingerprint density at radius 1 is 1.58 bits per heavy atom. The number of amides is 2. The predicted octanol–water partition coefficient (Wildman–Crippen LogP) is 2.59. The number of benzene rings is 1. The van der Waals surface area contributed by atoms with Gasteiger partial charge in [-0.2, -0.15) is 0 Å². The quantitative estimate of drug-likeness (QED) is 0.790. The molecule has 3 nitrogen and oxygen atoms in total. The van der Waals surface area contributed by atoms with Crippen molar-refractivity contribution in [2.75, 3.05) is 5.32 Å². The van der Waals surface area contributed by atoms with Gasteiger partial charge in [-0.15, -0.1) is 0 Å². The van der Waals surface area contributed by atoms with Gasteiger partial charge in [-0.1, -0.05) is 11.6 Å². The highest BCUT2D eigenvalue weighted by atomic mass is 79.9. The van der Waals surface area contributed by atoms with E-state index < -0.39 is 6.03 Å². The number of anilines is 1. The van der Waals surface area contributed by atoms with Gasteiger partial charge in [0.25, 0.3) is 0 Å². The van der Waals surface area contributed by atoms with Gasteiger partial charge in [0.1, 0.15) is 0 Å². The second kappa shape index (κ2) is 3.78. The first-order valence-electron chi connectivity index (χ1n) is 3.11. The number of urea groups is 1. The standard InChI is InChI=1S/C7H6BrClN2O/c8-5-3-4(9)1-2-6(5)11-7(10)12/h1-3H,(H3,10,11,12). The van der Waals surface area contributed by atoms with E-state index in [2.05, 4.69) is 21.2 Å². The summed E-state index contributed by atoms with van der Waals surface area (Å²) < 4.78 is 0.703. The highest BCUT2D eigenvalue weighted by molar-refractivity contribution is 9.10. The smallest absolute Gasteiger partial charge is 0.316 e. The molecule has 1 aromatic carbocycles. The minimum Gasteiger partial charge on any atom is -0.351 e. The van der Waals surface area contributed by atoms with E-state index in [1.807, 2.05) is 0 Å².